The van der Waals surface area contributed by atoms with Gasteiger partial charge >= 0.3 is 0 Å². The summed E-state index contributed by atoms with van der Waals surface area (Å²) in [4.78, 5) is 13.3. The normalized spacial score (nSPS) is 24.3. The van der Waals surface area contributed by atoms with Crippen LogP contribution in [0, 0.1) is 5.41 Å². The van der Waals surface area contributed by atoms with Gasteiger partial charge in [0.15, 0.2) is 0 Å². The second kappa shape index (κ2) is 3.58. The molecule has 0 saturated carbocycles. The average Bonchev–Trinajstić information content (AvgIpc) is 2.14. The molecule has 0 bridgehead atoms. The molecule has 1 amide bonds. The van der Waals surface area contributed by atoms with E-state index in [0.29, 0.717) is 0 Å². The van der Waals surface area contributed by atoms with E-state index in [1.165, 1.54) is 11.8 Å². The summed E-state index contributed by atoms with van der Waals surface area (Å²) < 4.78 is 0.729. The van der Waals surface area contributed by atoms with Crippen LogP contribution in [0.1, 0.15) is 27.7 Å². The summed E-state index contributed by atoms with van der Waals surface area (Å²) in [6, 6.07) is 0. The highest BCUT2D eigenvalue weighted by Gasteiger charge is 2.35. The van der Waals surface area contributed by atoms with Crippen LogP contribution >= 0.6 is 24.0 Å². The zero-order valence-electron chi connectivity index (χ0n) is 8.46. The monoisotopic (exact) mass is 217 g/mol. The fourth-order valence-electron chi connectivity index (χ4n) is 1.19. The second-order valence-corrected chi connectivity index (χ2v) is 6.49. The molecule has 1 saturated heterocycles. The summed E-state index contributed by atoms with van der Waals surface area (Å²) in [5.74, 6) is 0.157. The Morgan fingerprint density at radius 3 is 2.38 bits per heavy atom. The predicted molar refractivity (Wildman–Crippen MR) is 60.8 cm³/mol. The molecule has 0 unspecified atom stereocenters. The average molecular weight is 217 g/mol. The van der Waals surface area contributed by atoms with Crippen LogP contribution in [0.4, 0.5) is 0 Å². The van der Waals surface area contributed by atoms with E-state index < -0.39 is 0 Å². The van der Waals surface area contributed by atoms with Gasteiger partial charge in [-0.2, -0.15) is 0 Å². The molecule has 0 aliphatic carbocycles. The van der Waals surface area contributed by atoms with Crippen molar-refractivity contribution in [3.05, 3.63) is 0 Å². The molecule has 1 heterocycles. The first-order valence-electron chi connectivity index (χ1n) is 4.33. The van der Waals surface area contributed by atoms with Crippen LogP contribution in [0.3, 0.4) is 0 Å². The van der Waals surface area contributed by atoms with Gasteiger partial charge in [0, 0.05) is 6.54 Å². The molecule has 1 aliphatic heterocycles. The topological polar surface area (TPSA) is 20.3 Å². The summed E-state index contributed by atoms with van der Waals surface area (Å²) in [5.41, 5.74) is 0.115. The van der Waals surface area contributed by atoms with E-state index in [1.54, 1.807) is 4.90 Å². The number of rotatable bonds is 1. The van der Waals surface area contributed by atoms with Gasteiger partial charge in [0.2, 0.25) is 5.91 Å². The number of hydrogen-bond acceptors (Lipinski definition) is 3. The van der Waals surface area contributed by atoms with E-state index in [0.717, 1.165) is 10.9 Å². The maximum Gasteiger partial charge on any atom is 0.241 e. The van der Waals surface area contributed by atoms with E-state index in [2.05, 4.69) is 20.8 Å². The van der Waals surface area contributed by atoms with Gasteiger partial charge in [-0.3, -0.25) is 9.69 Å². The standard InChI is InChI=1S/C9H15NOS2/c1-6-7(11)10(8(12)13-6)5-9(2,3)4/h6H,5H2,1-4H3/t6-/m0/s1. The summed E-state index contributed by atoms with van der Waals surface area (Å²) >= 11 is 6.62. The van der Waals surface area contributed by atoms with E-state index in [4.69, 9.17) is 12.2 Å². The summed E-state index contributed by atoms with van der Waals surface area (Å²) in [7, 11) is 0. The number of carbonyl (C=O) groups excluding carboxylic acids is 1. The van der Waals surface area contributed by atoms with Crippen molar-refractivity contribution in [3.8, 4) is 0 Å². The van der Waals surface area contributed by atoms with Crippen molar-refractivity contribution in [1.29, 1.82) is 0 Å². The zero-order valence-corrected chi connectivity index (χ0v) is 10.1. The van der Waals surface area contributed by atoms with Gasteiger partial charge < -0.3 is 0 Å². The van der Waals surface area contributed by atoms with Crippen LogP contribution in [0.15, 0.2) is 0 Å². The van der Waals surface area contributed by atoms with Crippen LogP contribution in [-0.4, -0.2) is 26.9 Å². The van der Waals surface area contributed by atoms with Crippen molar-refractivity contribution in [2.24, 2.45) is 5.41 Å². The fourth-order valence-corrected chi connectivity index (χ4v) is 2.59. The van der Waals surface area contributed by atoms with Crippen LogP contribution in [-0.2, 0) is 4.79 Å². The van der Waals surface area contributed by atoms with Crippen molar-refractivity contribution in [3.63, 3.8) is 0 Å². The third kappa shape index (κ3) is 2.68. The van der Waals surface area contributed by atoms with Gasteiger partial charge in [-0.25, -0.2) is 0 Å². The lowest BCUT2D eigenvalue weighted by Crippen LogP contribution is -2.37. The van der Waals surface area contributed by atoms with Crippen molar-refractivity contribution in [2.75, 3.05) is 6.54 Å². The maximum atomic E-state index is 11.6. The lowest BCUT2D eigenvalue weighted by molar-refractivity contribution is -0.126. The lowest BCUT2D eigenvalue weighted by atomic mass is 9.96. The largest absolute Gasteiger partial charge is 0.296 e. The molecule has 74 valence electrons. The Hall–Kier alpha value is -0.0900. The Labute approximate surface area is 89.1 Å². The first-order chi connectivity index (χ1) is 5.81. The molecule has 1 fully saturated rings. The van der Waals surface area contributed by atoms with Crippen molar-refractivity contribution in [1.82, 2.24) is 4.90 Å². The number of nitrogens with zero attached hydrogens (tertiary/aromatic N) is 1. The molecule has 0 aromatic heterocycles. The Morgan fingerprint density at radius 1 is 1.54 bits per heavy atom. The number of amides is 1. The summed E-state index contributed by atoms with van der Waals surface area (Å²) in [5, 5.41) is 0.00912. The molecular formula is C9H15NOS2. The Kier molecular flexibility index (Phi) is 3.02. The second-order valence-electron chi connectivity index (χ2n) is 4.51. The van der Waals surface area contributed by atoms with Gasteiger partial charge in [-0.1, -0.05) is 44.8 Å². The van der Waals surface area contributed by atoms with Crippen molar-refractivity contribution in [2.45, 2.75) is 32.9 Å². The smallest absolute Gasteiger partial charge is 0.241 e. The summed E-state index contributed by atoms with van der Waals surface area (Å²) in [6.45, 7) is 8.95. The minimum atomic E-state index is 0.00912. The first kappa shape index (κ1) is 11.0. The van der Waals surface area contributed by atoms with Crippen LogP contribution in [0.25, 0.3) is 0 Å². The van der Waals surface area contributed by atoms with Crippen molar-refractivity contribution >= 4 is 34.2 Å². The highest BCUT2D eigenvalue weighted by atomic mass is 32.2. The molecule has 4 heteroatoms. The molecule has 0 spiro atoms. The van der Waals surface area contributed by atoms with Gasteiger partial charge in [0.25, 0.3) is 0 Å². The first-order valence-corrected chi connectivity index (χ1v) is 5.62. The molecule has 13 heavy (non-hydrogen) atoms. The van der Waals surface area contributed by atoms with E-state index in [1.807, 2.05) is 6.92 Å². The van der Waals surface area contributed by atoms with Crippen LogP contribution < -0.4 is 0 Å². The van der Waals surface area contributed by atoms with E-state index in [-0.39, 0.29) is 16.6 Å². The minimum absolute atomic E-state index is 0.00912. The number of thiocarbonyl (C=S) groups is 1. The predicted octanol–water partition coefficient (Wildman–Crippen LogP) is 2.28. The van der Waals surface area contributed by atoms with E-state index >= 15 is 0 Å². The lowest BCUT2D eigenvalue weighted by Gasteiger charge is -2.25. The third-order valence-corrected chi connectivity index (χ3v) is 3.23. The number of hydrogen-bond donors (Lipinski definition) is 0. The maximum absolute atomic E-state index is 11.6. The Balaban J connectivity index is 2.70. The quantitative estimate of drug-likeness (QED) is 0.629. The SMILES string of the molecule is C[C@@H]1SC(=S)N(CC(C)(C)C)C1=O. The minimum Gasteiger partial charge on any atom is -0.296 e. The molecule has 1 aliphatic rings. The Morgan fingerprint density at radius 2 is 2.08 bits per heavy atom. The molecule has 0 radical (unpaired) electrons. The molecule has 0 N–H and O–H groups in total. The van der Waals surface area contributed by atoms with E-state index in [9.17, 15) is 4.79 Å². The highest BCUT2D eigenvalue weighted by Crippen LogP contribution is 2.29. The molecule has 0 aromatic carbocycles. The van der Waals surface area contributed by atoms with Gasteiger partial charge in [-0.05, 0) is 12.3 Å². The van der Waals surface area contributed by atoms with Gasteiger partial charge in [-0.15, -0.1) is 0 Å². The highest BCUT2D eigenvalue weighted by molar-refractivity contribution is 8.24. The van der Waals surface area contributed by atoms with Crippen molar-refractivity contribution < 1.29 is 4.79 Å². The Bertz CT molecular complexity index is 244. The number of carbonyl (C=O) groups is 1. The summed E-state index contributed by atoms with van der Waals surface area (Å²) in [6.07, 6.45) is 0. The van der Waals surface area contributed by atoms with Gasteiger partial charge in [0.05, 0.1) is 5.25 Å². The molecule has 0 aromatic rings. The van der Waals surface area contributed by atoms with Gasteiger partial charge in [0.1, 0.15) is 4.32 Å². The third-order valence-electron chi connectivity index (χ3n) is 1.74. The zero-order chi connectivity index (χ0) is 10.2. The molecule has 2 nitrogen and oxygen atoms in total. The van der Waals surface area contributed by atoms with Crippen LogP contribution in [0.2, 0.25) is 0 Å². The molecular weight excluding hydrogens is 202 g/mol. The fraction of sp³-hybridized carbons (Fsp3) is 0.778. The molecule has 1 atom stereocenters. The molecule has 1 rings (SSSR count). The number of thioether (sulfide) groups is 1. The van der Waals surface area contributed by atoms with Crippen LogP contribution in [0.5, 0.6) is 0 Å².